The fraction of sp³-hybridized carbons (Fsp3) is 0.154. The van der Waals surface area contributed by atoms with Crippen LogP contribution in [0.3, 0.4) is 0 Å². The van der Waals surface area contributed by atoms with E-state index < -0.39 is 0 Å². The lowest BCUT2D eigenvalue weighted by atomic mass is 10.1. The molecular formula is C26H24N4O3. The van der Waals surface area contributed by atoms with Gasteiger partial charge in [0.2, 0.25) is 11.8 Å². The van der Waals surface area contributed by atoms with Gasteiger partial charge in [0.25, 0.3) is 5.56 Å². The molecule has 0 bridgehead atoms. The van der Waals surface area contributed by atoms with Crippen molar-refractivity contribution < 1.29 is 9.59 Å². The first-order chi connectivity index (χ1) is 16.0. The van der Waals surface area contributed by atoms with E-state index in [1.807, 2.05) is 55.5 Å². The first kappa shape index (κ1) is 22.0. The van der Waals surface area contributed by atoms with Gasteiger partial charge in [-0.1, -0.05) is 42.5 Å². The molecule has 166 valence electrons. The molecule has 0 unspecified atom stereocenters. The van der Waals surface area contributed by atoms with E-state index in [1.54, 1.807) is 35.2 Å². The molecule has 0 fully saturated rings. The van der Waals surface area contributed by atoms with E-state index in [9.17, 15) is 14.4 Å². The van der Waals surface area contributed by atoms with E-state index >= 15 is 0 Å². The van der Waals surface area contributed by atoms with E-state index in [0.29, 0.717) is 23.1 Å². The minimum absolute atomic E-state index is 0.00339. The molecule has 33 heavy (non-hydrogen) atoms. The normalized spacial score (nSPS) is 10.7. The molecule has 1 aromatic heterocycles. The highest BCUT2D eigenvalue weighted by atomic mass is 16.2. The third-order valence-electron chi connectivity index (χ3n) is 5.32. The Morgan fingerprint density at radius 3 is 2.36 bits per heavy atom. The number of hydrogen-bond acceptors (Lipinski definition) is 4. The molecule has 0 aliphatic carbocycles. The third kappa shape index (κ3) is 5.15. The van der Waals surface area contributed by atoms with Gasteiger partial charge < -0.3 is 10.2 Å². The molecule has 4 aromatic rings. The number of rotatable bonds is 7. The SMILES string of the molecule is CCN(C(=O)Cc1ccc(NC(=O)Cn2cnc3ccccc3c2=O)cc1)c1ccccc1. The van der Waals surface area contributed by atoms with Crippen LogP contribution in [0.25, 0.3) is 10.9 Å². The Labute approximate surface area is 191 Å². The summed E-state index contributed by atoms with van der Waals surface area (Å²) in [5.41, 5.74) is 2.64. The van der Waals surface area contributed by atoms with Crippen LogP contribution >= 0.6 is 0 Å². The van der Waals surface area contributed by atoms with Crippen molar-refractivity contribution in [2.24, 2.45) is 0 Å². The average Bonchev–Trinajstić information content (AvgIpc) is 2.83. The maximum atomic E-state index is 12.8. The van der Waals surface area contributed by atoms with Crippen LogP contribution < -0.4 is 15.8 Å². The number of hydrogen-bond donors (Lipinski definition) is 1. The molecular weight excluding hydrogens is 416 g/mol. The number of anilines is 2. The van der Waals surface area contributed by atoms with Gasteiger partial charge in [-0.3, -0.25) is 19.0 Å². The van der Waals surface area contributed by atoms with Crippen LogP contribution in [0.15, 0.2) is 90.0 Å². The molecule has 0 saturated heterocycles. The molecule has 3 aromatic carbocycles. The van der Waals surface area contributed by atoms with Crippen LogP contribution in [-0.4, -0.2) is 27.9 Å². The fourth-order valence-electron chi connectivity index (χ4n) is 3.66. The predicted octanol–water partition coefficient (Wildman–Crippen LogP) is 3.63. The summed E-state index contributed by atoms with van der Waals surface area (Å²) in [5.74, 6) is -0.331. The van der Waals surface area contributed by atoms with E-state index in [1.165, 1.54) is 10.9 Å². The summed E-state index contributed by atoms with van der Waals surface area (Å²) < 4.78 is 1.29. The van der Waals surface area contributed by atoms with E-state index in [0.717, 1.165) is 11.3 Å². The Hall–Kier alpha value is -4.26. The summed E-state index contributed by atoms with van der Waals surface area (Å²) in [7, 11) is 0. The van der Waals surface area contributed by atoms with Gasteiger partial charge in [0.1, 0.15) is 6.54 Å². The summed E-state index contributed by atoms with van der Waals surface area (Å²) in [5, 5.41) is 3.26. The second-order valence-electron chi connectivity index (χ2n) is 7.59. The van der Waals surface area contributed by atoms with Gasteiger partial charge in [0.15, 0.2) is 0 Å². The summed E-state index contributed by atoms with van der Waals surface area (Å²) in [6.07, 6.45) is 1.64. The maximum absolute atomic E-state index is 12.8. The molecule has 4 rings (SSSR count). The summed E-state index contributed by atoms with van der Waals surface area (Å²) in [4.78, 5) is 43.7. The van der Waals surface area contributed by atoms with Crippen LogP contribution in [0.4, 0.5) is 11.4 Å². The lowest BCUT2D eigenvalue weighted by Gasteiger charge is -2.21. The van der Waals surface area contributed by atoms with Gasteiger partial charge in [-0.25, -0.2) is 4.98 Å². The number of carbonyl (C=O) groups excluding carboxylic acids is 2. The van der Waals surface area contributed by atoms with Crippen molar-refractivity contribution in [1.82, 2.24) is 9.55 Å². The van der Waals surface area contributed by atoms with Crippen molar-refractivity contribution in [3.05, 3.63) is 101 Å². The smallest absolute Gasteiger partial charge is 0.261 e. The Kier molecular flexibility index (Phi) is 6.59. The Bertz CT molecular complexity index is 1330. The molecule has 1 heterocycles. The number of likely N-dealkylation sites (N-methyl/N-ethyl adjacent to an activating group) is 1. The molecule has 0 saturated carbocycles. The first-order valence-corrected chi connectivity index (χ1v) is 10.7. The fourth-order valence-corrected chi connectivity index (χ4v) is 3.66. The predicted molar refractivity (Wildman–Crippen MR) is 129 cm³/mol. The van der Waals surface area contributed by atoms with Gasteiger partial charge in [0.05, 0.1) is 23.7 Å². The quantitative estimate of drug-likeness (QED) is 0.476. The number of amides is 2. The standard InChI is InChI=1S/C26H24N4O3/c1-2-30(21-8-4-3-5-9-21)25(32)16-19-12-14-20(15-13-19)28-24(31)17-29-18-27-23-11-7-6-10-22(23)26(29)33/h3-15,18H,2,16-17H2,1H3,(H,28,31). The number of nitrogens with zero attached hydrogens (tertiary/aromatic N) is 3. The Morgan fingerprint density at radius 1 is 0.939 bits per heavy atom. The molecule has 1 N–H and O–H groups in total. The molecule has 7 heteroatoms. The number of nitrogens with one attached hydrogen (secondary N) is 1. The zero-order chi connectivity index (χ0) is 23.2. The van der Waals surface area contributed by atoms with Crippen LogP contribution in [-0.2, 0) is 22.6 Å². The van der Waals surface area contributed by atoms with E-state index in [2.05, 4.69) is 10.3 Å². The second-order valence-corrected chi connectivity index (χ2v) is 7.59. The third-order valence-corrected chi connectivity index (χ3v) is 5.32. The molecule has 2 amide bonds. The molecule has 0 radical (unpaired) electrons. The van der Waals surface area contributed by atoms with Crippen LogP contribution in [0.5, 0.6) is 0 Å². The highest BCUT2D eigenvalue weighted by Crippen LogP contribution is 2.16. The van der Waals surface area contributed by atoms with E-state index in [-0.39, 0.29) is 30.3 Å². The zero-order valence-corrected chi connectivity index (χ0v) is 18.3. The number of benzene rings is 3. The summed E-state index contributed by atoms with van der Waals surface area (Å²) in [6, 6.07) is 23.7. The van der Waals surface area contributed by atoms with Crippen LogP contribution in [0.2, 0.25) is 0 Å². The van der Waals surface area contributed by atoms with Gasteiger partial charge in [-0.05, 0) is 48.9 Å². The Morgan fingerprint density at radius 2 is 1.64 bits per heavy atom. The van der Waals surface area contributed by atoms with Gasteiger partial charge in [0, 0.05) is 17.9 Å². The summed E-state index contributed by atoms with van der Waals surface area (Å²) in [6.45, 7) is 2.39. The maximum Gasteiger partial charge on any atom is 0.261 e. The van der Waals surface area contributed by atoms with Crippen molar-refractivity contribution in [1.29, 1.82) is 0 Å². The van der Waals surface area contributed by atoms with Crippen molar-refractivity contribution in [3.8, 4) is 0 Å². The topological polar surface area (TPSA) is 84.3 Å². The van der Waals surface area contributed by atoms with Gasteiger partial charge in [-0.2, -0.15) is 0 Å². The number of carbonyl (C=O) groups is 2. The summed E-state index contributed by atoms with van der Waals surface area (Å²) >= 11 is 0. The van der Waals surface area contributed by atoms with Crippen molar-refractivity contribution >= 4 is 34.1 Å². The highest BCUT2D eigenvalue weighted by molar-refractivity contribution is 5.95. The van der Waals surface area contributed by atoms with Gasteiger partial charge >= 0.3 is 0 Å². The number of aromatic nitrogens is 2. The average molecular weight is 441 g/mol. The molecule has 0 aliphatic heterocycles. The van der Waals surface area contributed by atoms with Gasteiger partial charge in [-0.15, -0.1) is 0 Å². The largest absolute Gasteiger partial charge is 0.325 e. The van der Waals surface area contributed by atoms with Crippen LogP contribution in [0, 0.1) is 0 Å². The highest BCUT2D eigenvalue weighted by Gasteiger charge is 2.14. The van der Waals surface area contributed by atoms with Crippen LogP contribution in [0.1, 0.15) is 12.5 Å². The monoisotopic (exact) mass is 440 g/mol. The molecule has 0 spiro atoms. The van der Waals surface area contributed by atoms with Crippen molar-refractivity contribution in [3.63, 3.8) is 0 Å². The lowest BCUT2D eigenvalue weighted by molar-refractivity contribution is -0.118. The molecule has 0 atom stereocenters. The minimum Gasteiger partial charge on any atom is -0.325 e. The number of fused-ring (bicyclic) bond motifs is 1. The Balaban J connectivity index is 1.38. The zero-order valence-electron chi connectivity index (χ0n) is 18.3. The number of para-hydroxylation sites is 2. The molecule has 0 aliphatic rings. The lowest BCUT2D eigenvalue weighted by Crippen LogP contribution is -2.31. The van der Waals surface area contributed by atoms with E-state index in [4.69, 9.17) is 0 Å². The minimum atomic E-state index is -0.334. The molecule has 7 nitrogen and oxygen atoms in total. The second kappa shape index (κ2) is 9.91. The van der Waals surface area contributed by atoms with Crippen molar-refractivity contribution in [2.75, 3.05) is 16.8 Å². The first-order valence-electron chi connectivity index (χ1n) is 10.7. The van der Waals surface area contributed by atoms with Crippen molar-refractivity contribution in [2.45, 2.75) is 19.9 Å².